The number of rotatable bonds is 7. The van der Waals surface area contributed by atoms with Crippen LogP contribution >= 0.6 is 0 Å². The highest BCUT2D eigenvalue weighted by Crippen LogP contribution is 2.20. The lowest BCUT2D eigenvalue weighted by Crippen LogP contribution is -2.19. The number of methoxy groups -OCH3 is 1. The summed E-state index contributed by atoms with van der Waals surface area (Å²) in [7, 11) is 3.71. The van der Waals surface area contributed by atoms with Crippen molar-refractivity contribution >= 4 is 17.3 Å². The van der Waals surface area contributed by atoms with Gasteiger partial charge in [0.15, 0.2) is 0 Å². The van der Waals surface area contributed by atoms with Crippen LogP contribution in [0.1, 0.15) is 19.8 Å². The van der Waals surface area contributed by atoms with Crippen molar-refractivity contribution in [2.24, 2.45) is 0 Å². The molecule has 0 atom stereocenters. The molecule has 21 heavy (non-hydrogen) atoms. The van der Waals surface area contributed by atoms with E-state index >= 15 is 0 Å². The fourth-order valence-corrected chi connectivity index (χ4v) is 1.96. The van der Waals surface area contributed by atoms with Gasteiger partial charge in [-0.3, -0.25) is 0 Å². The molecule has 0 bridgehead atoms. The summed E-state index contributed by atoms with van der Waals surface area (Å²) in [5, 5.41) is 3.27. The lowest BCUT2D eigenvalue weighted by molar-refractivity contribution is 0.415. The molecule has 0 radical (unpaired) electrons. The Morgan fingerprint density at radius 2 is 1.95 bits per heavy atom. The molecule has 5 nitrogen and oxygen atoms in total. The van der Waals surface area contributed by atoms with E-state index < -0.39 is 0 Å². The Bertz CT molecular complexity index is 556. The number of anilines is 3. The Morgan fingerprint density at radius 1 is 1.19 bits per heavy atom. The van der Waals surface area contributed by atoms with Crippen LogP contribution in [-0.4, -0.2) is 30.7 Å². The van der Waals surface area contributed by atoms with E-state index in [0.717, 1.165) is 36.0 Å². The number of unbranched alkanes of at least 4 members (excludes halogenated alkanes) is 1. The molecule has 1 aromatic heterocycles. The van der Waals surface area contributed by atoms with Gasteiger partial charge in [0.2, 0.25) is 0 Å². The molecule has 1 heterocycles. The Labute approximate surface area is 126 Å². The molecule has 0 saturated carbocycles. The first-order valence-electron chi connectivity index (χ1n) is 7.17. The van der Waals surface area contributed by atoms with Crippen LogP contribution in [-0.2, 0) is 0 Å². The summed E-state index contributed by atoms with van der Waals surface area (Å²) < 4.78 is 5.15. The van der Waals surface area contributed by atoms with Crippen molar-refractivity contribution in [2.45, 2.75) is 19.8 Å². The smallest absolute Gasteiger partial charge is 0.135 e. The minimum atomic E-state index is 0.786. The molecule has 0 aliphatic heterocycles. The van der Waals surface area contributed by atoms with Crippen LogP contribution in [0.4, 0.5) is 17.3 Å². The summed E-state index contributed by atoms with van der Waals surface area (Å²) in [6.07, 6.45) is 3.91. The van der Waals surface area contributed by atoms with Crippen LogP contribution in [0, 0.1) is 0 Å². The van der Waals surface area contributed by atoms with Crippen molar-refractivity contribution in [1.82, 2.24) is 9.97 Å². The third-order valence-electron chi connectivity index (χ3n) is 3.25. The summed E-state index contributed by atoms with van der Waals surface area (Å²) in [5.41, 5.74) is 0.969. The molecule has 0 fully saturated rings. The number of benzene rings is 1. The Kier molecular flexibility index (Phi) is 5.37. The predicted octanol–water partition coefficient (Wildman–Crippen LogP) is 3.47. The van der Waals surface area contributed by atoms with E-state index in [9.17, 15) is 0 Å². The maximum atomic E-state index is 5.15. The maximum Gasteiger partial charge on any atom is 0.135 e. The normalized spacial score (nSPS) is 10.2. The van der Waals surface area contributed by atoms with E-state index in [0.29, 0.717) is 0 Å². The number of nitrogens with zero attached hydrogens (tertiary/aromatic N) is 3. The SMILES string of the molecule is CCCCN(C)c1cc(Nc2ccc(OC)cc2)ncn1. The summed E-state index contributed by atoms with van der Waals surface area (Å²) >= 11 is 0. The van der Waals surface area contributed by atoms with E-state index in [-0.39, 0.29) is 0 Å². The summed E-state index contributed by atoms with van der Waals surface area (Å²) in [5.74, 6) is 2.55. The first-order chi connectivity index (χ1) is 10.2. The van der Waals surface area contributed by atoms with Crippen LogP contribution in [0.25, 0.3) is 0 Å². The van der Waals surface area contributed by atoms with Crippen LogP contribution in [0.3, 0.4) is 0 Å². The molecule has 0 unspecified atom stereocenters. The van der Waals surface area contributed by atoms with Gasteiger partial charge in [0, 0.05) is 25.3 Å². The second kappa shape index (κ2) is 7.47. The second-order valence-electron chi connectivity index (χ2n) is 4.89. The van der Waals surface area contributed by atoms with Gasteiger partial charge in [-0.2, -0.15) is 0 Å². The number of aromatic nitrogens is 2. The lowest BCUT2D eigenvalue weighted by Gasteiger charge is -2.18. The fourth-order valence-electron chi connectivity index (χ4n) is 1.96. The zero-order valence-electron chi connectivity index (χ0n) is 12.8. The quantitative estimate of drug-likeness (QED) is 0.844. The van der Waals surface area contributed by atoms with Crippen molar-refractivity contribution in [3.63, 3.8) is 0 Å². The summed E-state index contributed by atoms with van der Waals surface area (Å²) in [6.45, 7) is 3.18. The monoisotopic (exact) mass is 286 g/mol. The Hall–Kier alpha value is -2.30. The van der Waals surface area contributed by atoms with Gasteiger partial charge in [0.1, 0.15) is 23.7 Å². The minimum Gasteiger partial charge on any atom is -0.497 e. The third-order valence-corrected chi connectivity index (χ3v) is 3.25. The van der Waals surface area contributed by atoms with Crippen molar-refractivity contribution in [1.29, 1.82) is 0 Å². The van der Waals surface area contributed by atoms with Gasteiger partial charge >= 0.3 is 0 Å². The standard InChI is InChI=1S/C16H22N4O/c1-4-5-10-20(2)16-11-15(17-12-18-16)19-13-6-8-14(21-3)9-7-13/h6-9,11-12H,4-5,10H2,1-3H3,(H,17,18,19). The van der Waals surface area contributed by atoms with E-state index in [1.165, 1.54) is 6.42 Å². The van der Waals surface area contributed by atoms with Crippen molar-refractivity contribution < 1.29 is 4.74 Å². The highest BCUT2D eigenvalue weighted by atomic mass is 16.5. The van der Waals surface area contributed by atoms with Gasteiger partial charge in [-0.25, -0.2) is 9.97 Å². The van der Waals surface area contributed by atoms with Gasteiger partial charge in [-0.1, -0.05) is 13.3 Å². The Morgan fingerprint density at radius 3 is 2.62 bits per heavy atom. The van der Waals surface area contributed by atoms with Gasteiger partial charge in [0.25, 0.3) is 0 Å². The number of hydrogen-bond donors (Lipinski definition) is 1. The molecule has 5 heteroatoms. The first kappa shape index (κ1) is 15.1. The number of nitrogens with one attached hydrogen (secondary N) is 1. The molecule has 112 valence electrons. The maximum absolute atomic E-state index is 5.15. The second-order valence-corrected chi connectivity index (χ2v) is 4.89. The van der Waals surface area contributed by atoms with E-state index in [2.05, 4.69) is 34.2 Å². The minimum absolute atomic E-state index is 0.786. The van der Waals surface area contributed by atoms with E-state index in [1.54, 1.807) is 13.4 Å². The van der Waals surface area contributed by atoms with Crippen molar-refractivity contribution in [3.8, 4) is 5.75 Å². The largest absolute Gasteiger partial charge is 0.497 e. The van der Waals surface area contributed by atoms with E-state index in [1.807, 2.05) is 30.3 Å². The molecule has 0 amide bonds. The van der Waals surface area contributed by atoms with Crippen LogP contribution in [0.5, 0.6) is 5.75 Å². The molecular formula is C16H22N4O. The molecule has 2 rings (SSSR count). The first-order valence-corrected chi connectivity index (χ1v) is 7.17. The highest BCUT2D eigenvalue weighted by Gasteiger charge is 2.04. The number of hydrogen-bond acceptors (Lipinski definition) is 5. The molecule has 2 aromatic rings. The molecule has 0 spiro atoms. The van der Waals surface area contributed by atoms with Crippen LogP contribution < -0.4 is 15.0 Å². The zero-order chi connectivity index (χ0) is 15.1. The molecular weight excluding hydrogens is 264 g/mol. The average molecular weight is 286 g/mol. The van der Waals surface area contributed by atoms with Gasteiger partial charge in [-0.15, -0.1) is 0 Å². The Balaban J connectivity index is 2.06. The molecule has 0 aliphatic rings. The zero-order valence-corrected chi connectivity index (χ0v) is 12.8. The molecule has 1 aromatic carbocycles. The van der Waals surface area contributed by atoms with Crippen LogP contribution in [0.2, 0.25) is 0 Å². The predicted molar refractivity (Wildman–Crippen MR) is 86.5 cm³/mol. The van der Waals surface area contributed by atoms with Crippen molar-refractivity contribution in [3.05, 3.63) is 36.7 Å². The van der Waals surface area contributed by atoms with Gasteiger partial charge < -0.3 is 15.0 Å². The fraction of sp³-hybridized carbons (Fsp3) is 0.375. The summed E-state index contributed by atoms with van der Waals surface area (Å²) in [6, 6.07) is 9.71. The van der Waals surface area contributed by atoms with Crippen LogP contribution in [0.15, 0.2) is 36.7 Å². The topological polar surface area (TPSA) is 50.3 Å². The molecule has 0 aliphatic carbocycles. The van der Waals surface area contributed by atoms with Crippen molar-refractivity contribution in [2.75, 3.05) is 30.9 Å². The van der Waals surface area contributed by atoms with Gasteiger partial charge in [-0.05, 0) is 30.7 Å². The van der Waals surface area contributed by atoms with Gasteiger partial charge in [0.05, 0.1) is 7.11 Å². The third kappa shape index (κ3) is 4.34. The summed E-state index contributed by atoms with van der Waals surface area (Å²) in [4.78, 5) is 10.7. The molecule has 0 saturated heterocycles. The van der Waals surface area contributed by atoms with E-state index in [4.69, 9.17) is 4.74 Å². The number of ether oxygens (including phenoxy) is 1. The average Bonchev–Trinajstić information content (AvgIpc) is 2.53. The lowest BCUT2D eigenvalue weighted by atomic mass is 10.3. The highest BCUT2D eigenvalue weighted by molar-refractivity contribution is 5.59. The molecule has 1 N–H and O–H groups in total.